The smallest absolute Gasteiger partial charge is 0.241 e. The largest absolute Gasteiger partial charge is 0.493 e. The zero-order valence-corrected chi connectivity index (χ0v) is 21.0. The molecule has 3 aromatic carbocycles. The van der Waals surface area contributed by atoms with Crippen molar-refractivity contribution in [2.24, 2.45) is 0 Å². The third kappa shape index (κ3) is 3.85. The number of ether oxygens (including phenoxy) is 2. The zero-order chi connectivity index (χ0) is 24.8. The molecular formula is C30H32N2O3. The third-order valence-corrected chi connectivity index (χ3v) is 7.35. The second kappa shape index (κ2) is 8.49. The van der Waals surface area contributed by atoms with Crippen molar-refractivity contribution in [3.8, 4) is 11.5 Å². The fourth-order valence-electron chi connectivity index (χ4n) is 5.26. The van der Waals surface area contributed by atoms with E-state index in [2.05, 4.69) is 92.5 Å². The molecule has 5 rings (SSSR count). The first kappa shape index (κ1) is 23.0. The van der Waals surface area contributed by atoms with Crippen molar-refractivity contribution in [1.29, 1.82) is 0 Å². The molecule has 1 atom stereocenters. The summed E-state index contributed by atoms with van der Waals surface area (Å²) in [7, 11) is 1.65. The highest BCUT2D eigenvalue weighted by Gasteiger charge is 2.59. The minimum Gasteiger partial charge on any atom is -0.493 e. The molecule has 1 fully saturated rings. The molecule has 1 N–H and O–H groups in total. The topological polar surface area (TPSA) is 50.8 Å². The number of hydrogen-bond donors (Lipinski definition) is 1. The van der Waals surface area contributed by atoms with Crippen molar-refractivity contribution in [2.45, 2.75) is 45.4 Å². The van der Waals surface area contributed by atoms with Crippen LogP contribution < -0.4 is 19.7 Å². The minimum absolute atomic E-state index is 0.0337. The molecule has 0 radical (unpaired) electrons. The molecule has 2 aliphatic heterocycles. The molecule has 0 bridgehead atoms. The van der Waals surface area contributed by atoms with Crippen LogP contribution in [0, 0.1) is 13.8 Å². The van der Waals surface area contributed by atoms with Gasteiger partial charge < -0.3 is 19.7 Å². The average molecular weight is 469 g/mol. The maximum absolute atomic E-state index is 12.6. The first-order valence-electron chi connectivity index (χ1n) is 12.0. The molecule has 1 amide bonds. The van der Waals surface area contributed by atoms with E-state index < -0.39 is 5.66 Å². The van der Waals surface area contributed by atoms with Crippen molar-refractivity contribution in [3.63, 3.8) is 0 Å². The van der Waals surface area contributed by atoms with Crippen LogP contribution in [0.5, 0.6) is 11.5 Å². The maximum Gasteiger partial charge on any atom is 0.241 e. The Balaban J connectivity index is 1.42. The molecule has 35 heavy (non-hydrogen) atoms. The summed E-state index contributed by atoms with van der Waals surface area (Å²) in [6, 6.07) is 20.7. The molecule has 180 valence electrons. The summed E-state index contributed by atoms with van der Waals surface area (Å²) in [5.74, 6) is 1.41. The van der Waals surface area contributed by atoms with Gasteiger partial charge in [0.05, 0.1) is 13.7 Å². The lowest BCUT2D eigenvalue weighted by molar-refractivity contribution is -0.118. The Bertz CT molecular complexity index is 1310. The van der Waals surface area contributed by atoms with Crippen molar-refractivity contribution in [2.75, 3.05) is 18.6 Å². The van der Waals surface area contributed by atoms with Gasteiger partial charge in [-0.1, -0.05) is 73.5 Å². The van der Waals surface area contributed by atoms with E-state index in [1.165, 1.54) is 16.7 Å². The van der Waals surface area contributed by atoms with Crippen molar-refractivity contribution in [3.05, 3.63) is 94.6 Å². The number of benzene rings is 3. The number of aryl methyl sites for hydroxylation is 2. The fraction of sp³-hybridized carbons (Fsp3) is 0.300. The standard InChI is InChI=1S/C30H32N2O3/c1-20-6-9-23(10-7-20)19-35-26-13-11-22(17-27(26)34-5)14-15-30-29(3,4)24-16-21(2)8-12-25(24)32(30)18-28(33)31-30/h6-17H,18-19H2,1-5H3,(H,31,33)/b15-14+. The normalized spacial score (nSPS) is 20.0. The molecule has 2 aliphatic rings. The molecule has 1 unspecified atom stereocenters. The lowest BCUT2D eigenvalue weighted by Crippen LogP contribution is -2.58. The van der Waals surface area contributed by atoms with Gasteiger partial charge in [0.25, 0.3) is 0 Å². The van der Waals surface area contributed by atoms with E-state index in [4.69, 9.17) is 9.47 Å². The highest BCUT2D eigenvalue weighted by atomic mass is 16.5. The average Bonchev–Trinajstić information content (AvgIpc) is 3.27. The second-order valence-corrected chi connectivity index (χ2v) is 10.1. The van der Waals surface area contributed by atoms with Crippen LogP contribution in [-0.4, -0.2) is 25.2 Å². The number of nitrogens with one attached hydrogen (secondary N) is 1. The van der Waals surface area contributed by atoms with Crippen LogP contribution in [0.25, 0.3) is 6.08 Å². The molecule has 0 aliphatic carbocycles. The van der Waals surface area contributed by atoms with Gasteiger partial charge in [0.15, 0.2) is 11.5 Å². The van der Waals surface area contributed by atoms with Crippen LogP contribution in [0.1, 0.15) is 41.7 Å². The quantitative estimate of drug-likeness (QED) is 0.517. The van der Waals surface area contributed by atoms with Crippen LogP contribution in [0.3, 0.4) is 0 Å². The SMILES string of the molecule is COc1cc(/C=C/C23NC(=O)CN2c2ccc(C)cc2C3(C)C)ccc1OCc1ccc(C)cc1. The highest BCUT2D eigenvalue weighted by molar-refractivity contribution is 5.91. The molecular weight excluding hydrogens is 436 g/mol. The Kier molecular flexibility index (Phi) is 5.59. The second-order valence-electron chi connectivity index (χ2n) is 10.1. The number of carbonyl (C=O) groups excluding carboxylic acids is 1. The molecule has 3 aromatic rings. The zero-order valence-electron chi connectivity index (χ0n) is 21.0. The lowest BCUT2D eigenvalue weighted by atomic mass is 9.75. The molecule has 2 heterocycles. The van der Waals surface area contributed by atoms with Crippen LogP contribution in [-0.2, 0) is 16.8 Å². The van der Waals surface area contributed by atoms with E-state index in [9.17, 15) is 4.79 Å². The fourth-order valence-corrected chi connectivity index (χ4v) is 5.26. The minimum atomic E-state index is -0.631. The Morgan fingerprint density at radius 1 is 0.971 bits per heavy atom. The number of amides is 1. The van der Waals surface area contributed by atoms with E-state index in [0.29, 0.717) is 24.7 Å². The van der Waals surface area contributed by atoms with E-state index in [1.54, 1.807) is 7.11 Å². The molecule has 5 nitrogen and oxygen atoms in total. The van der Waals surface area contributed by atoms with Gasteiger partial charge >= 0.3 is 0 Å². The van der Waals surface area contributed by atoms with E-state index >= 15 is 0 Å². The van der Waals surface area contributed by atoms with Gasteiger partial charge in [-0.15, -0.1) is 0 Å². The number of carbonyl (C=O) groups is 1. The summed E-state index contributed by atoms with van der Waals surface area (Å²) in [5, 5.41) is 3.28. The Morgan fingerprint density at radius 2 is 1.71 bits per heavy atom. The van der Waals surface area contributed by atoms with E-state index in [0.717, 1.165) is 16.8 Å². The predicted octanol–water partition coefficient (Wildman–Crippen LogP) is 5.53. The monoisotopic (exact) mass is 468 g/mol. The summed E-state index contributed by atoms with van der Waals surface area (Å²) in [6.07, 6.45) is 4.18. The Labute approximate surface area is 207 Å². The van der Waals surface area contributed by atoms with Crippen LogP contribution in [0.15, 0.2) is 66.7 Å². The van der Waals surface area contributed by atoms with Crippen molar-refractivity contribution >= 4 is 17.7 Å². The third-order valence-electron chi connectivity index (χ3n) is 7.35. The molecule has 1 saturated heterocycles. The van der Waals surface area contributed by atoms with Crippen LogP contribution >= 0.6 is 0 Å². The first-order valence-corrected chi connectivity index (χ1v) is 12.0. The van der Waals surface area contributed by atoms with E-state index in [-0.39, 0.29) is 11.3 Å². The van der Waals surface area contributed by atoms with E-state index in [1.807, 2.05) is 18.2 Å². The molecule has 0 saturated carbocycles. The number of hydrogen-bond acceptors (Lipinski definition) is 4. The summed E-state index contributed by atoms with van der Waals surface area (Å²) < 4.78 is 11.7. The van der Waals surface area contributed by atoms with Gasteiger partial charge in [-0.3, -0.25) is 4.79 Å². The van der Waals surface area contributed by atoms with Crippen molar-refractivity contribution < 1.29 is 14.3 Å². The number of methoxy groups -OCH3 is 1. The van der Waals surface area contributed by atoms with Crippen LogP contribution in [0.2, 0.25) is 0 Å². The van der Waals surface area contributed by atoms with Gasteiger partial charge in [-0.05, 0) is 54.8 Å². The summed E-state index contributed by atoms with van der Waals surface area (Å²) in [4.78, 5) is 14.8. The number of fused-ring (bicyclic) bond motifs is 3. The molecule has 0 aromatic heterocycles. The van der Waals surface area contributed by atoms with Gasteiger partial charge in [0.2, 0.25) is 5.91 Å². The number of nitrogens with zero attached hydrogens (tertiary/aromatic N) is 1. The van der Waals surface area contributed by atoms with Gasteiger partial charge in [-0.25, -0.2) is 0 Å². The van der Waals surface area contributed by atoms with Gasteiger partial charge in [0.1, 0.15) is 12.3 Å². The summed E-state index contributed by atoms with van der Waals surface area (Å²) in [5.41, 5.74) is 5.95. The lowest BCUT2D eigenvalue weighted by Gasteiger charge is -2.40. The van der Waals surface area contributed by atoms with Crippen molar-refractivity contribution in [1.82, 2.24) is 5.32 Å². The maximum atomic E-state index is 12.6. The van der Waals surface area contributed by atoms with Gasteiger partial charge in [0, 0.05) is 11.1 Å². The number of rotatable bonds is 6. The summed E-state index contributed by atoms with van der Waals surface area (Å²) in [6.45, 7) is 9.39. The Morgan fingerprint density at radius 3 is 2.46 bits per heavy atom. The number of anilines is 1. The predicted molar refractivity (Wildman–Crippen MR) is 140 cm³/mol. The first-order chi connectivity index (χ1) is 16.7. The molecule has 0 spiro atoms. The Hall–Kier alpha value is -3.73. The highest BCUT2D eigenvalue weighted by Crippen LogP contribution is 2.53. The van der Waals surface area contributed by atoms with Gasteiger partial charge in [-0.2, -0.15) is 0 Å². The van der Waals surface area contributed by atoms with Crippen LogP contribution in [0.4, 0.5) is 5.69 Å². The summed E-state index contributed by atoms with van der Waals surface area (Å²) >= 11 is 0. The molecule has 5 heteroatoms.